The quantitative estimate of drug-likeness (QED) is 0.0362. The van der Waals surface area contributed by atoms with E-state index in [1.165, 1.54) is 0 Å². The first-order valence-corrected chi connectivity index (χ1v) is 13.7. The van der Waals surface area contributed by atoms with Crippen LogP contribution in [0.1, 0.15) is 18.4 Å². The van der Waals surface area contributed by atoms with E-state index in [4.69, 9.17) is 22.3 Å². The van der Waals surface area contributed by atoms with Gasteiger partial charge in [0.15, 0.2) is 5.96 Å². The lowest BCUT2D eigenvalue weighted by Gasteiger charge is -2.20. The number of aliphatic hydroxyl groups excluding tert-OH is 1. The highest BCUT2D eigenvalue weighted by Crippen LogP contribution is 2.04. The highest BCUT2D eigenvalue weighted by atomic mass is 16.4. The van der Waals surface area contributed by atoms with Crippen LogP contribution in [0.25, 0.3) is 0 Å². The van der Waals surface area contributed by atoms with Crippen molar-refractivity contribution in [2.75, 3.05) is 39.3 Å². The zero-order valence-electron chi connectivity index (χ0n) is 24.4. The summed E-state index contributed by atoms with van der Waals surface area (Å²) in [5.41, 5.74) is 16.9. The van der Waals surface area contributed by atoms with Crippen molar-refractivity contribution in [2.24, 2.45) is 22.2 Å². The molecular weight excluding hydrogens is 596 g/mol. The lowest BCUT2D eigenvalue weighted by molar-refractivity contribution is -0.138. The molecule has 0 fully saturated rings. The second-order valence-electron chi connectivity index (χ2n) is 9.49. The molecule has 0 aliphatic rings. The molecule has 1 aromatic carbocycles. The number of aliphatic carboxylic acids is 1. The summed E-state index contributed by atoms with van der Waals surface area (Å²) in [6.07, 6.45) is 0.724. The fraction of sp³-hybridized carbons (Fsp3) is 0.462. The largest absolute Gasteiger partial charge is 0.480 e. The SMILES string of the molecule is NC(N)=NCCC[C@H](N)C(=O)NCC(=O)NCC(=O)N[C@@H](Cc1ccccc1)C(=O)NCC(=O)N[C@@H](CO)C(=O)NCC(=O)O. The van der Waals surface area contributed by atoms with E-state index < -0.39 is 92.3 Å². The molecule has 0 spiro atoms. The van der Waals surface area contributed by atoms with Crippen LogP contribution in [0.2, 0.25) is 0 Å². The number of carbonyl (C=O) groups excluding carboxylic acids is 6. The Morgan fingerprint density at radius 3 is 1.87 bits per heavy atom. The molecule has 0 saturated carbocycles. The molecule has 45 heavy (non-hydrogen) atoms. The molecule has 0 saturated heterocycles. The molecule has 0 radical (unpaired) electrons. The Balaban J connectivity index is 2.63. The lowest BCUT2D eigenvalue weighted by atomic mass is 10.1. The molecule has 1 aromatic rings. The number of amides is 6. The third-order valence-electron chi connectivity index (χ3n) is 5.78. The van der Waals surface area contributed by atoms with Crippen molar-refractivity contribution in [2.45, 2.75) is 37.4 Å². The van der Waals surface area contributed by atoms with Crippen LogP contribution in [0.4, 0.5) is 0 Å². The molecule has 19 nitrogen and oxygen atoms in total. The van der Waals surface area contributed by atoms with Gasteiger partial charge in [-0.1, -0.05) is 30.3 Å². The predicted molar refractivity (Wildman–Crippen MR) is 159 cm³/mol. The zero-order valence-corrected chi connectivity index (χ0v) is 24.4. The Bertz CT molecular complexity index is 1210. The number of benzene rings is 1. The number of nitrogens with zero attached hydrogens (tertiary/aromatic N) is 1. The summed E-state index contributed by atoms with van der Waals surface area (Å²) in [6.45, 7) is -2.92. The average molecular weight is 637 g/mol. The van der Waals surface area contributed by atoms with Gasteiger partial charge in [0.05, 0.1) is 32.3 Å². The van der Waals surface area contributed by atoms with Crippen LogP contribution in [0.5, 0.6) is 0 Å². The second kappa shape index (κ2) is 20.6. The molecule has 0 bridgehead atoms. The minimum Gasteiger partial charge on any atom is -0.480 e. The van der Waals surface area contributed by atoms with E-state index in [1.807, 2.05) is 5.32 Å². The maximum atomic E-state index is 12.9. The number of guanidine groups is 1. The van der Waals surface area contributed by atoms with Gasteiger partial charge in [-0.05, 0) is 18.4 Å². The molecular formula is C26H40N10O9. The first-order valence-electron chi connectivity index (χ1n) is 13.7. The van der Waals surface area contributed by atoms with Gasteiger partial charge in [-0.15, -0.1) is 0 Å². The number of aliphatic imine (C=N–C) groups is 1. The topological polar surface area (TPSA) is 323 Å². The van der Waals surface area contributed by atoms with E-state index in [0.717, 1.165) is 0 Å². The molecule has 19 heteroatoms. The zero-order chi connectivity index (χ0) is 33.8. The van der Waals surface area contributed by atoms with Gasteiger partial charge in [0.2, 0.25) is 35.4 Å². The summed E-state index contributed by atoms with van der Waals surface area (Å²) in [5.74, 6) is -6.04. The minimum atomic E-state index is -1.46. The molecule has 0 aromatic heterocycles. The Morgan fingerprint density at radius 2 is 1.27 bits per heavy atom. The predicted octanol–water partition coefficient (Wildman–Crippen LogP) is -5.88. The molecule has 0 unspecified atom stereocenters. The summed E-state index contributed by atoms with van der Waals surface area (Å²) in [5, 5.41) is 31.6. The summed E-state index contributed by atoms with van der Waals surface area (Å²) in [6, 6.07) is 5.04. The van der Waals surface area contributed by atoms with Crippen LogP contribution in [0.15, 0.2) is 35.3 Å². The molecule has 3 atom stereocenters. The van der Waals surface area contributed by atoms with Gasteiger partial charge in [-0.2, -0.15) is 0 Å². The normalized spacial score (nSPS) is 12.3. The lowest BCUT2D eigenvalue weighted by Crippen LogP contribution is -2.54. The highest BCUT2D eigenvalue weighted by molar-refractivity contribution is 5.94. The van der Waals surface area contributed by atoms with Gasteiger partial charge in [-0.25, -0.2) is 0 Å². The molecule has 0 aliphatic carbocycles. The standard InChI is InChI=1S/C26H40N10O9/c27-16(7-4-8-30-26(28)29)23(43)32-10-19(38)31-11-20(39)35-17(9-15-5-2-1-3-6-15)24(44)33-12-21(40)36-18(14-37)25(45)34-13-22(41)42/h1-3,5-6,16-18,37H,4,7-14,27H2,(H,31,38)(H,32,43)(H,33,44)(H,34,45)(H,35,39)(H,36,40)(H,41,42)(H4,28,29,30)/t16-,17-,18-/m0/s1. The van der Waals surface area contributed by atoms with Crippen molar-refractivity contribution in [1.82, 2.24) is 31.9 Å². The Kier molecular flexibility index (Phi) is 17.3. The first kappa shape index (κ1) is 37.7. The Labute approximate surface area is 258 Å². The van der Waals surface area contributed by atoms with Crippen molar-refractivity contribution < 1.29 is 43.8 Å². The van der Waals surface area contributed by atoms with E-state index >= 15 is 0 Å². The van der Waals surface area contributed by atoms with Gasteiger partial charge >= 0.3 is 5.97 Å². The van der Waals surface area contributed by atoms with Crippen molar-refractivity contribution in [3.05, 3.63) is 35.9 Å². The fourth-order valence-corrected chi connectivity index (χ4v) is 3.51. The monoisotopic (exact) mass is 636 g/mol. The number of carbonyl (C=O) groups is 7. The number of nitrogens with two attached hydrogens (primary N) is 3. The van der Waals surface area contributed by atoms with Gasteiger partial charge in [0.1, 0.15) is 18.6 Å². The maximum absolute atomic E-state index is 12.9. The molecule has 14 N–H and O–H groups in total. The maximum Gasteiger partial charge on any atom is 0.322 e. The molecule has 0 aliphatic heterocycles. The third-order valence-corrected chi connectivity index (χ3v) is 5.78. The van der Waals surface area contributed by atoms with E-state index in [9.17, 15) is 38.7 Å². The van der Waals surface area contributed by atoms with Crippen molar-refractivity contribution >= 4 is 47.4 Å². The average Bonchev–Trinajstić information content (AvgIpc) is 3.00. The molecule has 1 rings (SSSR count). The molecule has 248 valence electrons. The van der Waals surface area contributed by atoms with Crippen LogP contribution < -0.4 is 49.1 Å². The number of nitrogens with one attached hydrogen (secondary N) is 6. The third kappa shape index (κ3) is 16.8. The van der Waals surface area contributed by atoms with Gasteiger partial charge < -0.3 is 59.3 Å². The van der Waals surface area contributed by atoms with Crippen LogP contribution in [0, 0.1) is 0 Å². The smallest absolute Gasteiger partial charge is 0.322 e. The van der Waals surface area contributed by atoms with E-state index in [-0.39, 0.29) is 25.3 Å². The number of carboxylic acids is 1. The minimum absolute atomic E-state index is 0.0158. The second-order valence-corrected chi connectivity index (χ2v) is 9.49. The van der Waals surface area contributed by atoms with Crippen LogP contribution >= 0.6 is 0 Å². The van der Waals surface area contributed by atoms with Crippen molar-refractivity contribution in [3.8, 4) is 0 Å². The number of hydrogen-bond acceptors (Lipinski definition) is 10. The Morgan fingerprint density at radius 1 is 0.733 bits per heavy atom. The summed E-state index contributed by atoms with van der Waals surface area (Å²) < 4.78 is 0. The summed E-state index contributed by atoms with van der Waals surface area (Å²) >= 11 is 0. The highest BCUT2D eigenvalue weighted by Gasteiger charge is 2.24. The fourth-order valence-electron chi connectivity index (χ4n) is 3.51. The number of hydrogen-bond donors (Lipinski definition) is 11. The van der Waals surface area contributed by atoms with Crippen molar-refractivity contribution in [3.63, 3.8) is 0 Å². The molecule has 6 amide bonds. The van der Waals surface area contributed by atoms with Gasteiger partial charge in [-0.3, -0.25) is 38.6 Å². The first-order chi connectivity index (χ1) is 21.3. The van der Waals surface area contributed by atoms with Crippen LogP contribution in [0.3, 0.4) is 0 Å². The number of rotatable bonds is 20. The van der Waals surface area contributed by atoms with E-state index in [2.05, 4.69) is 31.6 Å². The van der Waals surface area contributed by atoms with E-state index in [1.54, 1.807) is 30.3 Å². The van der Waals surface area contributed by atoms with Gasteiger partial charge in [0.25, 0.3) is 0 Å². The number of carboxylic acid groups (broad SMARTS) is 1. The van der Waals surface area contributed by atoms with Crippen LogP contribution in [-0.4, -0.2) is 115 Å². The summed E-state index contributed by atoms with van der Waals surface area (Å²) in [4.78, 5) is 88.2. The van der Waals surface area contributed by atoms with Gasteiger partial charge in [0, 0.05) is 13.0 Å². The van der Waals surface area contributed by atoms with Crippen molar-refractivity contribution in [1.29, 1.82) is 0 Å². The Hall–Kier alpha value is -5.30. The molecule has 0 heterocycles. The summed E-state index contributed by atoms with van der Waals surface area (Å²) in [7, 11) is 0. The van der Waals surface area contributed by atoms with Crippen LogP contribution in [-0.2, 0) is 40.0 Å². The van der Waals surface area contributed by atoms with E-state index in [0.29, 0.717) is 12.0 Å². The number of aliphatic hydroxyl groups is 1.